The quantitative estimate of drug-likeness (QED) is 0.883. The molecule has 1 atom stereocenters. The number of aliphatic hydroxyl groups excluding tert-OH is 1. The van der Waals surface area contributed by atoms with Crippen LogP contribution in [0.5, 0.6) is 0 Å². The van der Waals surface area contributed by atoms with Crippen molar-refractivity contribution in [2.75, 3.05) is 0 Å². The van der Waals surface area contributed by atoms with Crippen LogP contribution in [0.2, 0.25) is 0 Å². The van der Waals surface area contributed by atoms with E-state index in [0.717, 1.165) is 23.6 Å². The predicted octanol–water partition coefficient (Wildman–Crippen LogP) is 2.29. The van der Waals surface area contributed by atoms with Gasteiger partial charge in [-0.25, -0.2) is 9.67 Å². The second-order valence-electron chi connectivity index (χ2n) is 4.59. The van der Waals surface area contributed by atoms with Crippen LogP contribution in [0.25, 0.3) is 0 Å². The molecule has 0 radical (unpaired) electrons. The Labute approximate surface area is 106 Å². The van der Waals surface area contributed by atoms with Crippen molar-refractivity contribution < 1.29 is 9.52 Å². The van der Waals surface area contributed by atoms with E-state index in [-0.39, 0.29) is 6.04 Å². The van der Waals surface area contributed by atoms with Gasteiger partial charge in [-0.15, -0.1) is 0 Å². The van der Waals surface area contributed by atoms with Gasteiger partial charge in [-0.2, -0.15) is 5.10 Å². The highest BCUT2D eigenvalue weighted by atomic mass is 16.3. The van der Waals surface area contributed by atoms with E-state index in [1.54, 1.807) is 6.26 Å². The minimum absolute atomic E-state index is 0.240. The molecule has 5 nitrogen and oxygen atoms in total. The minimum Gasteiger partial charge on any atom is -0.469 e. The van der Waals surface area contributed by atoms with Gasteiger partial charge in [0.25, 0.3) is 0 Å². The molecule has 2 rings (SSSR count). The fraction of sp³-hybridized carbons (Fsp3) is 0.538. The van der Waals surface area contributed by atoms with Gasteiger partial charge in [0.2, 0.25) is 0 Å². The monoisotopic (exact) mass is 249 g/mol. The number of rotatable bonds is 5. The second kappa shape index (κ2) is 5.35. The molecule has 0 fully saturated rings. The highest BCUT2D eigenvalue weighted by Gasteiger charge is 2.18. The molecule has 0 aromatic carbocycles. The molecule has 2 aromatic heterocycles. The number of hydrogen-bond acceptors (Lipinski definition) is 4. The van der Waals surface area contributed by atoms with Crippen molar-refractivity contribution in [1.29, 1.82) is 0 Å². The summed E-state index contributed by atoms with van der Waals surface area (Å²) in [6.45, 7) is 6.09. The van der Waals surface area contributed by atoms with Gasteiger partial charge in [0.1, 0.15) is 17.9 Å². The summed E-state index contributed by atoms with van der Waals surface area (Å²) < 4.78 is 7.16. The Balaban J connectivity index is 2.16. The number of aryl methyl sites for hydroxylation is 1. The van der Waals surface area contributed by atoms with E-state index in [0.29, 0.717) is 6.42 Å². The van der Waals surface area contributed by atoms with Gasteiger partial charge < -0.3 is 9.52 Å². The van der Waals surface area contributed by atoms with Crippen LogP contribution in [0.3, 0.4) is 0 Å². The van der Waals surface area contributed by atoms with Gasteiger partial charge in [-0.1, -0.05) is 6.92 Å². The van der Waals surface area contributed by atoms with Crippen molar-refractivity contribution in [3.8, 4) is 0 Å². The van der Waals surface area contributed by atoms with Crippen molar-refractivity contribution >= 4 is 0 Å². The van der Waals surface area contributed by atoms with Crippen LogP contribution in [-0.4, -0.2) is 19.9 Å². The molecule has 1 unspecified atom stereocenters. The maximum absolute atomic E-state index is 10.3. The Morgan fingerprint density at radius 1 is 1.44 bits per heavy atom. The second-order valence-corrected chi connectivity index (χ2v) is 4.59. The first-order valence-corrected chi connectivity index (χ1v) is 6.26. The van der Waals surface area contributed by atoms with E-state index >= 15 is 0 Å². The zero-order valence-electron chi connectivity index (χ0n) is 11.0. The summed E-state index contributed by atoms with van der Waals surface area (Å²) in [5, 5.41) is 14.4. The molecular weight excluding hydrogens is 230 g/mol. The lowest BCUT2D eigenvalue weighted by Crippen LogP contribution is -2.12. The lowest BCUT2D eigenvalue weighted by Gasteiger charge is -2.13. The Morgan fingerprint density at radius 3 is 2.89 bits per heavy atom. The molecular formula is C13H19N3O2. The number of hydrogen-bond donors (Lipinski definition) is 1. The summed E-state index contributed by atoms with van der Waals surface area (Å²) >= 11 is 0. The number of nitrogens with zero attached hydrogens (tertiary/aromatic N) is 3. The smallest absolute Gasteiger partial charge is 0.138 e. The van der Waals surface area contributed by atoms with E-state index < -0.39 is 6.10 Å². The highest BCUT2D eigenvalue weighted by molar-refractivity contribution is 5.20. The zero-order chi connectivity index (χ0) is 13.1. The third kappa shape index (κ3) is 2.46. The predicted molar refractivity (Wildman–Crippen MR) is 67.2 cm³/mol. The Hall–Kier alpha value is -1.62. The molecule has 0 aliphatic rings. The van der Waals surface area contributed by atoms with Crippen molar-refractivity contribution in [2.45, 2.75) is 45.8 Å². The van der Waals surface area contributed by atoms with E-state index in [4.69, 9.17) is 4.42 Å². The summed E-state index contributed by atoms with van der Waals surface area (Å²) in [7, 11) is 0. The Morgan fingerprint density at radius 2 is 2.22 bits per heavy atom. The van der Waals surface area contributed by atoms with Gasteiger partial charge in [-0.05, 0) is 19.9 Å². The molecule has 0 spiro atoms. The first kappa shape index (κ1) is 12.8. The first-order chi connectivity index (χ1) is 8.63. The number of aromatic nitrogens is 3. The van der Waals surface area contributed by atoms with Crippen LogP contribution in [0.15, 0.2) is 23.1 Å². The average Bonchev–Trinajstić information content (AvgIpc) is 2.96. The SMILES string of the molecule is CCc1occc1C(O)Cc1ncnn1C(C)C. The standard InChI is InChI=1S/C13H19N3O2/c1-4-12-10(5-6-18-12)11(17)7-13-14-8-15-16(13)9(2)3/h5-6,8-9,11,17H,4,7H2,1-3H3. The van der Waals surface area contributed by atoms with Gasteiger partial charge in [0.15, 0.2) is 0 Å². The maximum atomic E-state index is 10.3. The molecule has 0 aliphatic heterocycles. The summed E-state index contributed by atoms with van der Waals surface area (Å²) in [4.78, 5) is 4.20. The topological polar surface area (TPSA) is 64.1 Å². The molecule has 0 saturated carbocycles. The van der Waals surface area contributed by atoms with E-state index in [1.165, 1.54) is 6.33 Å². The fourth-order valence-electron chi connectivity index (χ4n) is 2.07. The molecule has 0 bridgehead atoms. The summed E-state index contributed by atoms with van der Waals surface area (Å²) in [6.07, 6.45) is 3.77. The van der Waals surface area contributed by atoms with Crippen molar-refractivity contribution in [2.24, 2.45) is 0 Å². The zero-order valence-corrected chi connectivity index (χ0v) is 11.0. The van der Waals surface area contributed by atoms with Crippen LogP contribution in [0.4, 0.5) is 0 Å². The Bertz CT molecular complexity index is 502. The van der Waals surface area contributed by atoms with E-state index in [1.807, 2.05) is 31.5 Å². The molecule has 0 saturated heterocycles. The molecule has 2 heterocycles. The molecule has 0 aliphatic carbocycles. The maximum Gasteiger partial charge on any atom is 0.138 e. The highest BCUT2D eigenvalue weighted by Crippen LogP contribution is 2.23. The van der Waals surface area contributed by atoms with Gasteiger partial charge in [0, 0.05) is 24.4 Å². The lowest BCUT2D eigenvalue weighted by molar-refractivity contribution is 0.171. The molecule has 1 N–H and O–H groups in total. The fourth-order valence-corrected chi connectivity index (χ4v) is 2.07. The molecule has 18 heavy (non-hydrogen) atoms. The van der Waals surface area contributed by atoms with Gasteiger partial charge >= 0.3 is 0 Å². The van der Waals surface area contributed by atoms with Crippen LogP contribution in [-0.2, 0) is 12.8 Å². The van der Waals surface area contributed by atoms with E-state index in [9.17, 15) is 5.11 Å². The number of furan rings is 1. The normalized spacial score (nSPS) is 13.2. The van der Waals surface area contributed by atoms with Gasteiger partial charge in [-0.3, -0.25) is 0 Å². The van der Waals surface area contributed by atoms with Crippen LogP contribution < -0.4 is 0 Å². The molecule has 2 aromatic rings. The van der Waals surface area contributed by atoms with Crippen LogP contribution in [0, 0.1) is 0 Å². The summed E-state index contributed by atoms with van der Waals surface area (Å²) in [6, 6.07) is 2.06. The third-order valence-electron chi connectivity index (χ3n) is 2.97. The largest absolute Gasteiger partial charge is 0.469 e. The number of aliphatic hydroxyl groups is 1. The molecule has 5 heteroatoms. The van der Waals surface area contributed by atoms with Crippen LogP contribution >= 0.6 is 0 Å². The van der Waals surface area contributed by atoms with Crippen molar-refractivity contribution in [3.05, 3.63) is 35.8 Å². The summed E-state index contributed by atoms with van der Waals surface area (Å²) in [5.74, 6) is 1.62. The average molecular weight is 249 g/mol. The van der Waals surface area contributed by atoms with Crippen molar-refractivity contribution in [1.82, 2.24) is 14.8 Å². The molecule has 98 valence electrons. The van der Waals surface area contributed by atoms with E-state index in [2.05, 4.69) is 10.1 Å². The molecule has 0 amide bonds. The lowest BCUT2D eigenvalue weighted by atomic mass is 10.1. The summed E-state index contributed by atoms with van der Waals surface area (Å²) in [5.41, 5.74) is 0.843. The van der Waals surface area contributed by atoms with Crippen LogP contribution in [0.1, 0.15) is 50.1 Å². The first-order valence-electron chi connectivity index (χ1n) is 6.26. The van der Waals surface area contributed by atoms with Gasteiger partial charge in [0.05, 0.1) is 12.4 Å². The Kier molecular flexibility index (Phi) is 3.81. The minimum atomic E-state index is -0.597. The van der Waals surface area contributed by atoms with Crippen molar-refractivity contribution in [3.63, 3.8) is 0 Å². The third-order valence-corrected chi connectivity index (χ3v) is 2.97.